The maximum Gasteiger partial charge on any atom is 0.410 e. The Balaban J connectivity index is 0. The number of ether oxygens (including phenoxy) is 1. The molecule has 0 fully saturated rings. The van der Waals surface area contributed by atoms with Gasteiger partial charge in [-0.3, -0.25) is 4.99 Å². The smallest absolute Gasteiger partial charge is 0.410 e. The predicted molar refractivity (Wildman–Crippen MR) is 98.6 cm³/mol. The average Bonchev–Trinajstić information content (AvgIpc) is 2.36. The zero-order valence-corrected chi connectivity index (χ0v) is 16.5. The van der Waals surface area contributed by atoms with Gasteiger partial charge in [0.05, 0.1) is 0 Å². The third kappa shape index (κ3) is 11.6. The van der Waals surface area contributed by atoms with E-state index in [0.717, 1.165) is 18.9 Å². The molecule has 0 aliphatic carbocycles. The molecule has 0 aliphatic rings. The monoisotopic (exact) mass is 414 g/mol. The number of carbonyl (C=O) groups is 1. The summed E-state index contributed by atoms with van der Waals surface area (Å²) in [5.74, 6) is 0.757. The first-order chi connectivity index (χ1) is 9.34. The number of hydrogen-bond acceptors (Lipinski definition) is 3. The molecule has 1 amide bonds. The number of nitrogens with zero attached hydrogens (tertiary/aromatic N) is 2. The molecule has 126 valence electrons. The quantitative estimate of drug-likeness (QED) is 0.398. The molecule has 0 aromatic rings. The Hall–Kier alpha value is -0.730. The largest absolute Gasteiger partial charge is 0.444 e. The Morgan fingerprint density at radius 2 is 1.76 bits per heavy atom. The van der Waals surface area contributed by atoms with E-state index in [1.807, 2.05) is 27.7 Å². The highest BCUT2D eigenvalue weighted by atomic mass is 127. The van der Waals surface area contributed by atoms with Crippen LogP contribution in [0, 0.1) is 0 Å². The normalized spacial score (nSPS) is 11.4. The van der Waals surface area contributed by atoms with Gasteiger partial charge in [-0.2, -0.15) is 0 Å². The van der Waals surface area contributed by atoms with Crippen LogP contribution in [0.2, 0.25) is 0 Å². The minimum atomic E-state index is -0.462. The molecule has 0 saturated heterocycles. The molecule has 0 unspecified atom stereocenters. The number of carbonyl (C=O) groups excluding carboxylic acids is 1. The Kier molecular flexibility index (Phi) is 12.8. The summed E-state index contributed by atoms with van der Waals surface area (Å²) < 4.78 is 5.35. The van der Waals surface area contributed by atoms with Crippen LogP contribution in [0.15, 0.2) is 4.99 Å². The second-order valence-corrected chi connectivity index (χ2v) is 5.49. The van der Waals surface area contributed by atoms with Gasteiger partial charge in [-0.25, -0.2) is 4.79 Å². The number of likely N-dealkylation sites (N-methyl/N-ethyl adjacent to an activating group) is 1. The summed E-state index contributed by atoms with van der Waals surface area (Å²) in [6, 6.07) is 0. The molecule has 0 aliphatic heterocycles. The van der Waals surface area contributed by atoms with Crippen molar-refractivity contribution in [3.05, 3.63) is 0 Å². The number of amides is 1. The fourth-order valence-electron chi connectivity index (χ4n) is 1.48. The SMILES string of the molecule is CCCNC(=NC)NCCN(CC)C(=O)OC(C)(C)C.I. The lowest BCUT2D eigenvalue weighted by molar-refractivity contribution is 0.0264. The van der Waals surface area contributed by atoms with Crippen LogP contribution in [0.25, 0.3) is 0 Å². The average molecular weight is 414 g/mol. The van der Waals surface area contributed by atoms with Crippen molar-refractivity contribution >= 4 is 36.0 Å². The van der Waals surface area contributed by atoms with Crippen molar-refractivity contribution in [1.82, 2.24) is 15.5 Å². The van der Waals surface area contributed by atoms with E-state index < -0.39 is 5.60 Å². The number of halogens is 1. The fourth-order valence-corrected chi connectivity index (χ4v) is 1.48. The van der Waals surface area contributed by atoms with E-state index in [2.05, 4.69) is 22.5 Å². The molecular formula is C14H31IN4O2. The van der Waals surface area contributed by atoms with E-state index >= 15 is 0 Å². The van der Waals surface area contributed by atoms with Crippen LogP contribution in [0.3, 0.4) is 0 Å². The van der Waals surface area contributed by atoms with E-state index in [4.69, 9.17) is 4.74 Å². The third-order valence-corrected chi connectivity index (χ3v) is 2.47. The molecule has 7 heteroatoms. The number of guanidine groups is 1. The maximum atomic E-state index is 11.9. The van der Waals surface area contributed by atoms with Gasteiger partial charge in [-0.05, 0) is 34.1 Å². The molecule has 0 spiro atoms. The molecule has 0 saturated carbocycles. The van der Waals surface area contributed by atoms with Crippen LogP contribution in [-0.4, -0.2) is 55.8 Å². The highest BCUT2D eigenvalue weighted by Crippen LogP contribution is 2.09. The molecule has 21 heavy (non-hydrogen) atoms. The van der Waals surface area contributed by atoms with Crippen LogP contribution >= 0.6 is 24.0 Å². The highest BCUT2D eigenvalue weighted by Gasteiger charge is 2.20. The molecule has 0 heterocycles. The molecular weight excluding hydrogens is 383 g/mol. The lowest BCUT2D eigenvalue weighted by Gasteiger charge is -2.26. The van der Waals surface area contributed by atoms with Gasteiger partial charge in [0, 0.05) is 33.2 Å². The van der Waals surface area contributed by atoms with Crippen molar-refractivity contribution < 1.29 is 9.53 Å². The molecule has 0 aromatic heterocycles. The van der Waals surface area contributed by atoms with Gasteiger partial charge in [0.25, 0.3) is 0 Å². The summed E-state index contributed by atoms with van der Waals surface area (Å²) in [5.41, 5.74) is -0.462. The van der Waals surface area contributed by atoms with Crippen LogP contribution in [0.5, 0.6) is 0 Å². The minimum Gasteiger partial charge on any atom is -0.444 e. The number of nitrogens with one attached hydrogen (secondary N) is 2. The van der Waals surface area contributed by atoms with Crippen molar-refractivity contribution in [2.75, 3.05) is 33.2 Å². The van der Waals surface area contributed by atoms with Crippen LogP contribution in [0.1, 0.15) is 41.0 Å². The van der Waals surface area contributed by atoms with Gasteiger partial charge in [0.15, 0.2) is 5.96 Å². The van der Waals surface area contributed by atoms with Gasteiger partial charge >= 0.3 is 6.09 Å². The summed E-state index contributed by atoms with van der Waals surface area (Å²) in [6.45, 7) is 12.4. The van der Waals surface area contributed by atoms with E-state index in [9.17, 15) is 4.79 Å². The van der Waals surface area contributed by atoms with Gasteiger partial charge in [-0.15, -0.1) is 24.0 Å². The summed E-state index contributed by atoms with van der Waals surface area (Å²) in [5, 5.41) is 6.36. The Morgan fingerprint density at radius 3 is 2.19 bits per heavy atom. The molecule has 0 rings (SSSR count). The maximum absolute atomic E-state index is 11.9. The first-order valence-corrected chi connectivity index (χ1v) is 7.26. The Morgan fingerprint density at radius 1 is 1.19 bits per heavy atom. The van der Waals surface area contributed by atoms with E-state index in [-0.39, 0.29) is 30.1 Å². The molecule has 0 atom stereocenters. The molecule has 2 N–H and O–H groups in total. The number of hydrogen-bond donors (Lipinski definition) is 2. The topological polar surface area (TPSA) is 66.0 Å². The Labute approximate surface area is 146 Å². The van der Waals surface area contributed by atoms with Gasteiger partial charge in [0.2, 0.25) is 0 Å². The van der Waals surface area contributed by atoms with Crippen LogP contribution in [-0.2, 0) is 4.74 Å². The van der Waals surface area contributed by atoms with Crippen molar-refractivity contribution in [3.63, 3.8) is 0 Å². The first-order valence-electron chi connectivity index (χ1n) is 7.26. The van der Waals surface area contributed by atoms with Crippen LogP contribution in [0.4, 0.5) is 4.79 Å². The fraction of sp³-hybridized carbons (Fsp3) is 0.857. The van der Waals surface area contributed by atoms with Crippen molar-refractivity contribution in [2.24, 2.45) is 4.99 Å². The number of aliphatic imine (C=N–C) groups is 1. The summed E-state index contributed by atoms with van der Waals surface area (Å²) in [4.78, 5) is 17.7. The second kappa shape index (κ2) is 11.9. The molecule has 0 aromatic carbocycles. The zero-order chi connectivity index (χ0) is 15.6. The summed E-state index contributed by atoms with van der Waals surface area (Å²) >= 11 is 0. The van der Waals surface area contributed by atoms with E-state index in [1.54, 1.807) is 11.9 Å². The number of rotatable bonds is 6. The van der Waals surface area contributed by atoms with E-state index in [1.165, 1.54) is 0 Å². The lowest BCUT2D eigenvalue weighted by Crippen LogP contribution is -2.44. The zero-order valence-electron chi connectivity index (χ0n) is 14.2. The third-order valence-electron chi connectivity index (χ3n) is 2.47. The lowest BCUT2D eigenvalue weighted by atomic mass is 10.2. The van der Waals surface area contributed by atoms with E-state index in [0.29, 0.717) is 19.6 Å². The predicted octanol–water partition coefficient (Wildman–Crippen LogP) is 2.44. The Bertz CT molecular complexity index is 317. The molecule has 0 bridgehead atoms. The van der Waals surface area contributed by atoms with Gasteiger partial charge < -0.3 is 20.3 Å². The highest BCUT2D eigenvalue weighted by molar-refractivity contribution is 14.0. The summed E-state index contributed by atoms with van der Waals surface area (Å²) in [7, 11) is 1.73. The molecule has 6 nitrogen and oxygen atoms in total. The van der Waals surface area contributed by atoms with Crippen molar-refractivity contribution in [2.45, 2.75) is 46.6 Å². The summed E-state index contributed by atoms with van der Waals surface area (Å²) in [6.07, 6.45) is 0.762. The van der Waals surface area contributed by atoms with Gasteiger partial charge in [-0.1, -0.05) is 6.92 Å². The van der Waals surface area contributed by atoms with Crippen LogP contribution < -0.4 is 10.6 Å². The van der Waals surface area contributed by atoms with Crippen molar-refractivity contribution in [3.8, 4) is 0 Å². The molecule has 0 radical (unpaired) electrons. The van der Waals surface area contributed by atoms with Gasteiger partial charge in [0.1, 0.15) is 5.60 Å². The van der Waals surface area contributed by atoms with Crippen molar-refractivity contribution in [1.29, 1.82) is 0 Å². The minimum absolute atomic E-state index is 0. The standard InChI is InChI=1S/C14H30N4O2.HI/c1-7-9-16-12(15-6)17-10-11-18(8-2)13(19)20-14(3,4)5;/h7-11H2,1-6H3,(H2,15,16,17);1H. The second-order valence-electron chi connectivity index (χ2n) is 5.49. The first kappa shape index (κ1) is 22.5.